The molecule has 6 nitrogen and oxygen atoms in total. The molecule has 1 aromatic rings. The van der Waals surface area contributed by atoms with E-state index in [4.69, 9.17) is 14.0 Å². The molecule has 0 radical (unpaired) electrons. The first kappa shape index (κ1) is 18.7. The fraction of sp³-hybridized carbons (Fsp3) is 0.647. The number of pyridine rings is 1. The zero-order valence-corrected chi connectivity index (χ0v) is 15.6. The number of nitrogens with one attached hydrogen (secondary N) is 1. The van der Waals surface area contributed by atoms with E-state index in [-0.39, 0.29) is 18.3 Å². The Balaban J connectivity index is 1.93. The van der Waals surface area contributed by atoms with Gasteiger partial charge in [-0.05, 0) is 60.1 Å². The van der Waals surface area contributed by atoms with Crippen molar-refractivity contribution in [2.75, 3.05) is 5.32 Å². The van der Waals surface area contributed by atoms with Crippen LogP contribution >= 0.6 is 0 Å². The third-order valence-electron chi connectivity index (χ3n) is 4.16. The van der Waals surface area contributed by atoms with Crippen LogP contribution in [0.25, 0.3) is 0 Å². The summed E-state index contributed by atoms with van der Waals surface area (Å²) in [5.41, 5.74) is -0.254. The van der Waals surface area contributed by atoms with Crippen molar-refractivity contribution >= 4 is 19.0 Å². The maximum Gasteiger partial charge on any atom is 0.462 e. The second-order valence-electron chi connectivity index (χ2n) is 8.07. The summed E-state index contributed by atoms with van der Waals surface area (Å²) in [6.07, 6.45) is 1.79. The molecule has 1 fully saturated rings. The van der Waals surface area contributed by atoms with Gasteiger partial charge in [0, 0.05) is 12.5 Å². The normalized spacial score (nSPS) is 19.2. The highest BCUT2D eigenvalue weighted by atomic mass is 16.7. The summed E-state index contributed by atoms with van der Waals surface area (Å²) >= 11 is 0. The molecule has 2 heterocycles. The highest BCUT2D eigenvalue weighted by Gasteiger charge is 2.50. The lowest BCUT2D eigenvalue weighted by atomic mass is 9.81. The van der Waals surface area contributed by atoms with Crippen molar-refractivity contribution in [1.82, 2.24) is 4.98 Å². The first-order valence-corrected chi connectivity index (χ1v) is 8.18. The summed E-state index contributed by atoms with van der Waals surface area (Å²) in [5, 5.41) is 2.61. The minimum Gasteiger partial charge on any atom is -0.444 e. The van der Waals surface area contributed by atoms with Crippen molar-refractivity contribution in [2.24, 2.45) is 0 Å². The number of aromatic nitrogens is 1. The van der Waals surface area contributed by atoms with Gasteiger partial charge in [-0.15, -0.1) is 0 Å². The fourth-order valence-corrected chi connectivity index (χ4v) is 2.27. The summed E-state index contributed by atoms with van der Waals surface area (Å²) in [4.78, 5) is 16.0. The van der Waals surface area contributed by atoms with Gasteiger partial charge in [0.1, 0.15) is 11.4 Å². The second kappa shape index (κ2) is 6.37. The second-order valence-corrected chi connectivity index (χ2v) is 8.07. The molecule has 2 rings (SSSR count). The largest absolute Gasteiger partial charge is 0.462 e. The molecule has 7 heteroatoms. The molecule has 1 aliphatic heterocycles. The minimum absolute atomic E-state index is 0.304. The maximum atomic E-state index is 11.7. The molecule has 0 saturated carbocycles. The molecule has 0 unspecified atom stereocenters. The zero-order chi connectivity index (χ0) is 18.2. The smallest absolute Gasteiger partial charge is 0.444 e. The van der Waals surface area contributed by atoms with Gasteiger partial charge in [-0.2, -0.15) is 0 Å². The number of nitrogens with zero attached hydrogens (tertiary/aromatic N) is 1. The summed E-state index contributed by atoms with van der Waals surface area (Å²) in [6.45, 7) is 13.5. The van der Waals surface area contributed by atoms with Gasteiger partial charge >= 0.3 is 13.2 Å². The lowest BCUT2D eigenvalue weighted by Crippen LogP contribution is -2.41. The van der Waals surface area contributed by atoms with Gasteiger partial charge in [-0.3, -0.25) is 5.32 Å². The van der Waals surface area contributed by atoms with Crippen molar-refractivity contribution in [1.29, 1.82) is 0 Å². The molecule has 0 aliphatic carbocycles. The summed E-state index contributed by atoms with van der Waals surface area (Å²) in [7, 11) is -0.304. The van der Waals surface area contributed by atoms with Crippen molar-refractivity contribution in [2.45, 2.75) is 71.6 Å². The Labute approximate surface area is 144 Å². The molecule has 0 atom stereocenters. The molecular weight excluding hydrogens is 307 g/mol. The standard InChI is InChI=1S/C17H27BN2O4/c1-15(2,3)22-14(21)20-13-9-8-12(11-19-13)10-18-23-16(4,5)17(6,7)24-18/h8-9,11H,10H2,1-7H3,(H,19,20,21). The first-order chi connectivity index (χ1) is 10.9. The molecule has 1 aliphatic rings. The van der Waals surface area contributed by atoms with Crippen LogP contribution < -0.4 is 5.32 Å². The first-order valence-electron chi connectivity index (χ1n) is 8.18. The Bertz CT molecular complexity index is 578. The third-order valence-corrected chi connectivity index (χ3v) is 4.16. The molecule has 1 amide bonds. The predicted octanol–water partition coefficient (Wildman–Crippen LogP) is 3.60. The number of hydrogen-bond donors (Lipinski definition) is 1. The number of amides is 1. The average Bonchev–Trinajstić information content (AvgIpc) is 2.57. The van der Waals surface area contributed by atoms with Crippen LogP contribution in [0.4, 0.5) is 10.6 Å². The van der Waals surface area contributed by atoms with Crippen molar-refractivity contribution < 1.29 is 18.8 Å². The Kier molecular flexibility index (Phi) is 4.97. The van der Waals surface area contributed by atoms with Gasteiger partial charge in [0.15, 0.2) is 0 Å². The summed E-state index contributed by atoms with van der Waals surface area (Å²) in [5.74, 6) is 0.446. The molecule has 0 bridgehead atoms. The SMILES string of the molecule is CC(C)(C)OC(=O)Nc1ccc(CB2OC(C)(C)C(C)(C)O2)cn1. The van der Waals surface area contributed by atoms with E-state index in [1.54, 1.807) is 12.3 Å². The van der Waals surface area contributed by atoms with E-state index in [1.165, 1.54) is 0 Å². The van der Waals surface area contributed by atoms with Crippen LogP contribution in [0.2, 0.25) is 0 Å². The molecular formula is C17H27BN2O4. The van der Waals surface area contributed by atoms with Gasteiger partial charge in [-0.1, -0.05) is 6.07 Å². The Morgan fingerprint density at radius 2 is 1.79 bits per heavy atom. The van der Waals surface area contributed by atoms with E-state index < -0.39 is 11.7 Å². The van der Waals surface area contributed by atoms with Gasteiger partial charge in [0.05, 0.1) is 11.2 Å². The molecule has 1 saturated heterocycles. The molecule has 24 heavy (non-hydrogen) atoms. The Morgan fingerprint density at radius 3 is 2.25 bits per heavy atom. The number of hydrogen-bond acceptors (Lipinski definition) is 5. The van der Waals surface area contributed by atoms with Crippen molar-refractivity contribution in [3.8, 4) is 0 Å². The summed E-state index contributed by atoms with van der Waals surface area (Å²) in [6, 6.07) is 3.63. The lowest BCUT2D eigenvalue weighted by Gasteiger charge is -2.32. The van der Waals surface area contributed by atoms with E-state index in [9.17, 15) is 4.79 Å². The van der Waals surface area contributed by atoms with Gasteiger partial charge in [-0.25, -0.2) is 9.78 Å². The van der Waals surface area contributed by atoms with Crippen LogP contribution in [0.5, 0.6) is 0 Å². The lowest BCUT2D eigenvalue weighted by molar-refractivity contribution is 0.00578. The number of carbonyl (C=O) groups excluding carboxylic acids is 1. The molecule has 0 spiro atoms. The molecule has 132 valence electrons. The zero-order valence-electron chi connectivity index (χ0n) is 15.6. The quantitative estimate of drug-likeness (QED) is 0.855. The third kappa shape index (κ3) is 4.71. The van der Waals surface area contributed by atoms with E-state index >= 15 is 0 Å². The van der Waals surface area contributed by atoms with Crippen LogP contribution in [-0.2, 0) is 20.4 Å². The molecule has 0 aromatic carbocycles. The number of ether oxygens (including phenoxy) is 1. The van der Waals surface area contributed by atoms with E-state index in [1.807, 2.05) is 54.5 Å². The number of carbonyl (C=O) groups is 1. The van der Waals surface area contributed by atoms with E-state index in [0.29, 0.717) is 12.1 Å². The van der Waals surface area contributed by atoms with Gasteiger partial charge in [0.2, 0.25) is 0 Å². The van der Waals surface area contributed by atoms with Crippen molar-refractivity contribution in [3.05, 3.63) is 23.9 Å². The predicted molar refractivity (Wildman–Crippen MR) is 93.9 cm³/mol. The number of rotatable bonds is 3. The highest BCUT2D eigenvalue weighted by molar-refractivity contribution is 6.45. The minimum atomic E-state index is -0.541. The maximum absolute atomic E-state index is 11.7. The van der Waals surface area contributed by atoms with Crippen LogP contribution in [0.1, 0.15) is 54.0 Å². The van der Waals surface area contributed by atoms with Crippen LogP contribution in [-0.4, -0.2) is 35.0 Å². The number of anilines is 1. The van der Waals surface area contributed by atoms with Gasteiger partial charge in [0.25, 0.3) is 0 Å². The van der Waals surface area contributed by atoms with Crippen LogP contribution in [0.3, 0.4) is 0 Å². The average molecular weight is 334 g/mol. The molecule has 1 N–H and O–H groups in total. The van der Waals surface area contributed by atoms with Crippen LogP contribution in [0.15, 0.2) is 18.3 Å². The fourth-order valence-electron chi connectivity index (χ4n) is 2.27. The topological polar surface area (TPSA) is 69.7 Å². The van der Waals surface area contributed by atoms with Gasteiger partial charge < -0.3 is 14.0 Å². The Hall–Kier alpha value is -1.60. The van der Waals surface area contributed by atoms with Crippen LogP contribution in [0, 0.1) is 0 Å². The Morgan fingerprint density at radius 1 is 1.21 bits per heavy atom. The summed E-state index contributed by atoms with van der Waals surface area (Å²) < 4.78 is 17.2. The van der Waals surface area contributed by atoms with E-state index in [2.05, 4.69) is 10.3 Å². The highest BCUT2D eigenvalue weighted by Crippen LogP contribution is 2.37. The molecule has 1 aromatic heterocycles. The van der Waals surface area contributed by atoms with Crippen molar-refractivity contribution in [3.63, 3.8) is 0 Å². The van der Waals surface area contributed by atoms with E-state index in [0.717, 1.165) is 5.56 Å². The monoisotopic (exact) mass is 334 g/mol.